The van der Waals surface area contributed by atoms with Gasteiger partial charge in [-0.05, 0) is 49.7 Å². The van der Waals surface area contributed by atoms with Crippen LogP contribution in [0.1, 0.15) is 50.5 Å². The molecule has 2 aliphatic carbocycles. The zero-order valence-electron chi connectivity index (χ0n) is 13.8. The summed E-state index contributed by atoms with van der Waals surface area (Å²) in [6.07, 6.45) is 10.3. The fraction of sp³-hybridized carbons (Fsp3) is 0.550. The van der Waals surface area contributed by atoms with Crippen molar-refractivity contribution in [3.8, 4) is 5.75 Å². The van der Waals surface area contributed by atoms with Gasteiger partial charge in [-0.15, -0.1) is 11.6 Å². The Balaban J connectivity index is 1.95. The van der Waals surface area contributed by atoms with Crippen molar-refractivity contribution in [3.63, 3.8) is 0 Å². The fourth-order valence-electron chi connectivity index (χ4n) is 4.13. The van der Waals surface area contributed by atoms with Gasteiger partial charge in [-0.1, -0.05) is 37.5 Å². The number of hydrogen-bond acceptors (Lipinski definition) is 2. The summed E-state index contributed by atoms with van der Waals surface area (Å²) in [5.74, 6) is 1.94. The molecule has 1 aromatic carbocycles. The number of halogens is 1. The van der Waals surface area contributed by atoms with Crippen LogP contribution in [0, 0.1) is 11.8 Å². The lowest BCUT2D eigenvalue weighted by Gasteiger charge is -2.35. The molecular formula is C20H25ClO2. The van der Waals surface area contributed by atoms with Crippen LogP contribution in [0.4, 0.5) is 0 Å². The maximum absolute atomic E-state index is 12.7. The van der Waals surface area contributed by atoms with Crippen molar-refractivity contribution in [2.24, 2.45) is 11.8 Å². The predicted octanol–water partition coefficient (Wildman–Crippen LogP) is 5.25. The van der Waals surface area contributed by atoms with Crippen LogP contribution in [0.3, 0.4) is 0 Å². The first-order valence-electron chi connectivity index (χ1n) is 8.73. The van der Waals surface area contributed by atoms with Crippen LogP contribution in [-0.4, -0.2) is 18.3 Å². The highest BCUT2D eigenvalue weighted by Crippen LogP contribution is 2.42. The number of methoxy groups -OCH3 is 1. The topological polar surface area (TPSA) is 26.3 Å². The molecule has 2 aliphatic rings. The van der Waals surface area contributed by atoms with E-state index in [1.54, 1.807) is 7.11 Å². The monoisotopic (exact) mass is 332 g/mol. The summed E-state index contributed by atoms with van der Waals surface area (Å²) in [4.78, 5) is 12.7. The van der Waals surface area contributed by atoms with E-state index in [2.05, 4.69) is 0 Å². The normalized spacial score (nSPS) is 28.1. The van der Waals surface area contributed by atoms with Crippen molar-refractivity contribution in [1.29, 1.82) is 0 Å². The third kappa shape index (κ3) is 3.63. The summed E-state index contributed by atoms with van der Waals surface area (Å²) < 4.78 is 5.44. The van der Waals surface area contributed by atoms with Gasteiger partial charge in [0.1, 0.15) is 5.75 Å². The molecule has 2 nitrogen and oxygen atoms in total. The van der Waals surface area contributed by atoms with Gasteiger partial charge in [0.15, 0.2) is 5.78 Å². The van der Waals surface area contributed by atoms with E-state index in [1.807, 2.05) is 30.3 Å². The summed E-state index contributed by atoms with van der Waals surface area (Å²) in [5.41, 5.74) is 1.90. The van der Waals surface area contributed by atoms with Crippen molar-refractivity contribution < 1.29 is 9.53 Å². The number of rotatable bonds is 3. The van der Waals surface area contributed by atoms with Crippen LogP contribution in [0.2, 0.25) is 0 Å². The summed E-state index contributed by atoms with van der Waals surface area (Å²) in [6, 6.07) is 7.88. The van der Waals surface area contributed by atoms with Gasteiger partial charge < -0.3 is 4.74 Å². The number of ether oxygens (including phenoxy) is 1. The number of ketones is 1. The Morgan fingerprint density at radius 2 is 1.83 bits per heavy atom. The minimum Gasteiger partial charge on any atom is -0.496 e. The molecule has 3 heteroatoms. The highest BCUT2D eigenvalue weighted by Gasteiger charge is 2.36. The molecule has 0 aliphatic heterocycles. The van der Waals surface area contributed by atoms with Crippen LogP contribution in [-0.2, 0) is 4.79 Å². The highest BCUT2D eigenvalue weighted by atomic mass is 35.5. The summed E-state index contributed by atoms with van der Waals surface area (Å²) >= 11 is 6.28. The Kier molecular flexibility index (Phi) is 5.42. The van der Waals surface area contributed by atoms with Crippen LogP contribution in [0.5, 0.6) is 5.75 Å². The molecule has 124 valence electrons. The second-order valence-electron chi connectivity index (χ2n) is 6.76. The fourth-order valence-corrected chi connectivity index (χ4v) is 4.39. The summed E-state index contributed by atoms with van der Waals surface area (Å²) in [5, 5.41) is -0.365. The number of para-hydroxylation sites is 1. The van der Waals surface area contributed by atoms with Gasteiger partial charge in [0.25, 0.3) is 0 Å². The smallest absolute Gasteiger partial charge is 0.176 e. The van der Waals surface area contributed by atoms with Gasteiger partial charge >= 0.3 is 0 Å². The Morgan fingerprint density at radius 1 is 1.09 bits per heavy atom. The maximum Gasteiger partial charge on any atom is 0.176 e. The van der Waals surface area contributed by atoms with Crippen molar-refractivity contribution in [1.82, 2.24) is 0 Å². The number of alkyl halides is 1. The van der Waals surface area contributed by atoms with Crippen LogP contribution in [0.15, 0.2) is 29.8 Å². The number of benzene rings is 1. The summed E-state index contributed by atoms with van der Waals surface area (Å²) in [7, 11) is 1.67. The van der Waals surface area contributed by atoms with Crippen LogP contribution in [0.25, 0.3) is 6.08 Å². The molecule has 0 heterocycles. The Morgan fingerprint density at radius 3 is 2.57 bits per heavy atom. The van der Waals surface area contributed by atoms with Gasteiger partial charge in [0.05, 0.1) is 12.5 Å². The third-order valence-electron chi connectivity index (χ3n) is 5.37. The first kappa shape index (κ1) is 16.6. The molecule has 2 atom stereocenters. The van der Waals surface area contributed by atoms with Gasteiger partial charge in [-0.25, -0.2) is 0 Å². The quantitative estimate of drug-likeness (QED) is 0.558. The standard InChI is InChI=1S/C20H25ClO2/c1-23-19-10-6-5-9-15(19)13-17-16(11-12-18(21)20(17)22)14-7-3-2-4-8-14/h5-6,9-10,13-14,16,18H,2-4,7-8,11-12H2,1H3. The minimum absolute atomic E-state index is 0.124. The molecule has 2 fully saturated rings. The molecule has 0 spiro atoms. The van der Waals surface area contributed by atoms with E-state index in [1.165, 1.54) is 32.1 Å². The van der Waals surface area contributed by atoms with Gasteiger partial charge in [0, 0.05) is 11.1 Å². The minimum atomic E-state index is -0.365. The van der Waals surface area contributed by atoms with E-state index in [0.29, 0.717) is 11.8 Å². The molecule has 0 amide bonds. The molecule has 2 saturated carbocycles. The molecule has 0 N–H and O–H groups in total. The third-order valence-corrected chi connectivity index (χ3v) is 5.78. The molecular weight excluding hydrogens is 308 g/mol. The first-order valence-corrected chi connectivity index (χ1v) is 9.17. The molecule has 0 aromatic heterocycles. The van der Waals surface area contributed by atoms with E-state index in [-0.39, 0.29) is 11.2 Å². The van der Waals surface area contributed by atoms with Crippen molar-refractivity contribution in [2.45, 2.75) is 50.3 Å². The molecule has 23 heavy (non-hydrogen) atoms. The van der Waals surface area contributed by atoms with Gasteiger partial charge in [0.2, 0.25) is 0 Å². The first-order chi connectivity index (χ1) is 11.2. The van der Waals surface area contributed by atoms with Crippen molar-refractivity contribution in [3.05, 3.63) is 35.4 Å². The van der Waals surface area contributed by atoms with Crippen molar-refractivity contribution in [2.75, 3.05) is 7.11 Å². The SMILES string of the molecule is COc1ccccc1C=C1C(=O)C(Cl)CCC1C1CCCCC1. The largest absolute Gasteiger partial charge is 0.496 e. The van der Waals surface area contributed by atoms with E-state index in [4.69, 9.17) is 16.3 Å². The lowest BCUT2D eigenvalue weighted by molar-refractivity contribution is -0.117. The van der Waals surface area contributed by atoms with Gasteiger partial charge in [-0.3, -0.25) is 4.79 Å². The average molecular weight is 333 g/mol. The number of allylic oxidation sites excluding steroid dienone is 1. The summed E-state index contributed by atoms with van der Waals surface area (Å²) in [6.45, 7) is 0. The zero-order chi connectivity index (χ0) is 16.2. The number of carbonyl (C=O) groups excluding carboxylic acids is 1. The van der Waals surface area contributed by atoms with E-state index >= 15 is 0 Å². The predicted molar refractivity (Wildman–Crippen MR) is 94.9 cm³/mol. The van der Waals surface area contributed by atoms with Crippen molar-refractivity contribution >= 4 is 23.5 Å². The van der Waals surface area contributed by atoms with Crippen LogP contribution < -0.4 is 4.74 Å². The second kappa shape index (κ2) is 7.53. The number of hydrogen-bond donors (Lipinski definition) is 0. The highest BCUT2D eigenvalue weighted by molar-refractivity contribution is 6.34. The maximum atomic E-state index is 12.7. The van der Waals surface area contributed by atoms with Crippen LogP contribution >= 0.6 is 11.6 Å². The molecule has 2 unspecified atom stereocenters. The zero-order valence-corrected chi connectivity index (χ0v) is 14.5. The van der Waals surface area contributed by atoms with E-state index < -0.39 is 0 Å². The van der Waals surface area contributed by atoms with Gasteiger partial charge in [-0.2, -0.15) is 0 Å². The van der Waals surface area contributed by atoms with E-state index in [0.717, 1.165) is 29.7 Å². The molecule has 0 bridgehead atoms. The lowest BCUT2D eigenvalue weighted by atomic mass is 9.70. The molecule has 0 saturated heterocycles. The average Bonchev–Trinajstić information content (AvgIpc) is 2.60. The number of Topliss-reactive ketones (excluding diaryl/α,β-unsaturated/α-hetero) is 1. The Bertz CT molecular complexity index is 587. The lowest BCUT2D eigenvalue weighted by Crippen LogP contribution is -2.33. The Hall–Kier alpha value is -1.28. The van der Waals surface area contributed by atoms with E-state index in [9.17, 15) is 4.79 Å². The molecule has 3 rings (SSSR count). The number of carbonyl (C=O) groups is 1. The molecule has 1 aromatic rings. The molecule has 0 radical (unpaired) electrons. The second-order valence-corrected chi connectivity index (χ2v) is 7.28. The Labute approximate surface area is 143 Å².